The van der Waals surface area contributed by atoms with Crippen LogP contribution >= 0.6 is 0 Å². The molecule has 7 nitrogen and oxygen atoms in total. The number of fused-ring (bicyclic) bond motifs is 1. The maximum Gasteiger partial charge on any atom is 0.270 e. The van der Waals surface area contributed by atoms with Gasteiger partial charge in [-0.15, -0.1) is 0 Å². The van der Waals surface area contributed by atoms with E-state index in [1.54, 1.807) is 12.4 Å². The molecule has 138 valence electrons. The molecule has 0 aliphatic carbocycles. The highest BCUT2D eigenvalue weighted by atomic mass is 16.2. The molecule has 0 unspecified atom stereocenters. The van der Waals surface area contributed by atoms with E-state index in [4.69, 9.17) is 0 Å². The van der Waals surface area contributed by atoms with Crippen molar-refractivity contribution in [3.8, 4) is 0 Å². The van der Waals surface area contributed by atoms with Gasteiger partial charge in [0, 0.05) is 54.9 Å². The molecule has 4 heterocycles. The van der Waals surface area contributed by atoms with Gasteiger partial charge in [0.2, 0.25) is 5.91 Å². The topological polar surface area (TPSA) is 81.3 Å². The van der Waals surface area contributed by atoms with E-state index in [2.05, 4.69) is 34.2 Å². The standard InChI is InChI=1S/C19H25N5O2/c1-12-15(4-6-23(12)2)18(25)21-8-13-10-24(11-13)19(26)17-7-14-9-20-5-3-16(14)22-17/h3,5,7,9,12-13,15,22H,4,6,8,10-11H2,1-2H3,(H,21,25)/t12-,15-/m1/s1. The first-order chi connectivity index (χ1) is 12.5. The van der Waals surface area contributed by atoms with Gasteiger partial charge >= 0.3 is 0 Å². The second-order valence-electron chi connectivity index (χ2n) is 7.58. The molecule has 2 aliphatic rings. The molecule has 2 aromatic rings. The van der Waals surface area contributed by atoms with Gasteiger partial charge < -0.3 is 20.1 Å². The number of nitrogens with one attached hydrogen (secondary N) is 2. The van der Waals surface area contributed by atoms with Gasteiger partial charge in [-0.1, -0.05) is 0 Å². The minimum Gasteiger partial charge on any atom is -0.355 e. The van der Waals surface area contributed by atoms with E-state index in [0.717, 1.165) is 23.9 Å². The second-order valence-corrected chi connectivity index (χ2v) is 7.58. The summed E-state index contributed by atoms with van der Waals surface area (Å²) in [6.07, 6.45) is 4.38. The van der Waals surface area contributed by atoms with Crippen LogP contribution in [0.1, 0.15) is 23.8 Å². The number of aromatic nitrogens is 2. The fraction of sp³-hybridized carbons (Fsp3) is 0.526. The summed E-state index contributed by atoms with van der Waals surface area (Å²) in [5, 5.41) is 4.02. The first-order valence-electron chi connectivity index (χ1n) is 9.23. The van der Waals surface area contributed by atoms with E-state index in [1.165, 1.54) is 0 Å². The van der Waals surface area contributed by atoms with E-state index in [-0.39, 0.29) is 17.7 Å². The van der Waals surface area contributed by atoms with Crippen molar-refractivity contribution < 1.29 is 9.59 Å². The van der Waals surface area contributed by atoms with E-state index in [0.29, 0.717) is 37.3 Å². The molecule has 2 aromatic heterocycles. The van der Waals surface area contributed by atoms with E-state index < -0.39 is 0 Å². The molecule has 2 saturated heterocycles. The van der Waals surface area contributed by atoms with E-state index in [1.807, 2.05) is 17.0 Å². The fourth-order valence-corrected chi connectivity index (χ4v) is 3.94. The van der Waals surface area contributed by atoms with Gasteiger partial charge in [0.15, 0.2) is 0 Å². The number of H-pyrrole nitrogens is 1. The minimum atomic E-state index is 0.00909. The smallest absolute Gasteiger partial charge is 0.270 e. The molecular weight excluding hydrogens is 330 g/mol. The van der Waals surface area contributed by atoms with Gasteiger partial charge in [-0.3, -0.25) is 14.6 Å². The third-order valence-electron chi connectivity index (χ3n) is 5.87. The Balaban J connectivity index is 1.26. The second kappa shape index (κ2) is 6.72. The number of amides is 2. The molecule has 0 spiro atoms. The van der Waals surface area contributed by atoms with Crippen molar-refractivity contribution in [3.63, 3.8) is 0 Å². The van der Waals surface area contributed by atoms with Crippen molar-refractivity contribution in [2.75, 3.05) is 33.2 Å². The summed E-state index contributed by atoms with van der Waals surface area (Å²) >= 11 is 0. The quantitative estimate of drug-likeness (QED) is 0.860. The highest BCUT2D eigenvalue weighted by Crippen LogP contribution is 2.23. The van der Waals surface area contributed by atoms with Crippen LogP contribution in [-0.4, -0.2) is 70.9 Å². The van der Waals surface area contributed by atoms with Gasteiger partial charge in [0.1, 0.15) is 5.69 Å². The van der Waals surface area contributed by atoms with Crippen molar-refractivity contribution >= 4 is 22.7 Å². The number of hydrogen-bond acceptors (Lipinski definition) is 4. The Labute approximate surface area is 152 Å². The Kier molecular flexibility index (Phi) is 4.40. The zero-order chi connectivity index (χ0) is 18.3. The number of pyridine rings is 1. The number of likely N-dealkylation sites (tertiary alicyclic amines) is 2. The van der Waals surface area contributed by atoms with Crippen molar-refractivity contribution in [1.29, 1.82) is 0 Å². The highest BCUT2D eigenvalue weighted by molar-refractivity contribution is 5.98. The van der Waals surface area contributed by atoms with Gasteiger partial charge in [0.25, 0.3) is 5.91 Å². The Bertz CT molecular complexity index is 793. The van der Waals surface area contributed by atoms with Gasteiger partial charge in [0.05, 0.1) is 5.92 Å². The lowest BCUT2D eigenvalue weighted by molar-refractivity contribution is -0.125. The summed E-state index contributed by atoms with van der Waals surface area (Å²) in [7, 11) is 2.06. The largest absolute Gasteiger partial charge is 0.355 e. The maximum absolute atomic E-state index is 12.5. The van der Waals surface area contributed by atoms with E-state index in [9.17, 15) is 9.59 Å². The SMILES string of the molecule is C[C@@H]1[C@H](C(=O)NCC2CN(C(=O)c3cc4cnccc4[nH]3)C2)CCN1C. The predicted octanol–water partition coefficient (Wildman–Crippen LogP) is 1.09. The molecular formula is C19H25N5O2. The first kappa shape index (κ1) is 17.0. The third kappa shape index (κ3) is 3.07. The molecule has 0 radical (unpaired) electrons. The molecule has 2 N–H and O–H groups in total. The van der Waals surface area contributed by atoms with Gasteiger partial charge in [-0.2, -0.15) is 0 Å². The molecule has 2 amide bonds. The lowest BCUT2D eigenvalue weighted by atomic mass is 9.97. The predicted molar refractivity (Wildman–Crippen MR) is 98.7 cm³/mol. The Morgan fingerprint density at radius 3 is 2.88 bits per heavy atom. The van der Waals surface area contributed by atoms with Crippen molar-refractivity contribution in [1.82, 2.24) is 25.1 Å². The molecule has 2 atom stereocenters. The van der Waals surface area contributed by atoms with Crippen LogP contribution in [0.5, 0.6) is 0 Å². The Morgan fingerprint density at radius 1 is 1.38 bits per heavy atom. The molecule has 0 saturated carbocycles. The van der Waals surface area contributed by atoms with Crippen LogP contribution < -0.4 is 5.32 Å². The lowest BCUT2D eigenvalue weighted by Gasteiger charge is -2.39. The minimum absolute atomic E-state index is 0.00909. The zero-order valence-electron chi connectivity index (χ0n) is 15.2. The zero-order valence-corrected chi connectivity index (χ0v) is 15.2. The number of carbonyl (C=O) groups is 2. The molecule has 4 rings (SSSR count). The van der Waals surface area contributed by atoms with Crippen molar-refractivity contribution in [3.05, 3.63) is 30.2 Å². The number of nitrogens with zero attached hydrogens (tertiary/aromatic N) is 3. The normalized spacial score (nSPS) is 24.0. The molecule has 26 heavy (non-hydrogen) atoms. The van der Waals surface area contributed by atoms with Crippen molar-refractivity contribution in [2.24, 2.45) is 11.8 Å². The average Bonchev–Trinajstić information content (AvgIpc) is 3.17. The molecule has 7 heteroatoms. The molecule has 2 aliphatic heterocycles. The van der Waals surface area contributed by atoms with Crippen LogP contribution in [0.25, 0.3) is 10.9 Å². The Hall–Kier alpha value is -2.41. The van der Waals surface area contributed by atoms with Crippen molar-refractivity contribution in [2.45, 2.75) is 19.4 Å². The molecule has 2 fully saturated rings. The number of aromatic amines is 1. The number of rotatable bonds is 4. The third-order valence-corrected chi connectivity index (χ3v) is 5.87. The fourth-order valence-electron chi connectivity index (χ4n) is 3.94. The summed E-state index contributed by atoms with van der Waals surface area (Å²) in [5.74, 6) is 0.575. The summed E-state index contributed by atoms with van der Waals surface area (Å²) in [6, 6.07) is 4.01. The lowest BCUT2D eigenvalue weighted by Crippen LogP contribution is -2.54. The van der Waals surface area contributed by atoms with E-state index >= 15 is 0 Å². The van der Waals surface area contributed by atoms with Crippen LogP contribution in [0, 0.1) is 11.8 Å². The van der Waals surface area contributed by atoms with Gasteiger partial charge in [-0.25, -0.2) is 0 Å². The van der Waals surface area contributed by atoms with Crippen LogP contribution in [0.4, 0.5) is 0 Å². The number of hydrogen-bond donors (Lipinski definition) is 2. The summed E-state index contributed by atoms with van der Waals surface area (Å²) < 4.78 is 0. The number of carbonyl (C=O) groups excluding carboxylic acids is 2. The maximum atomic E-state index is 12.5. The molecule has 0 aromatic carbocycles. The monoisotopic (exact) mass is 355 g/mol. The first-order valence-corrected chi connectivity index (χ1v) is 9.23. The average molecular weight is 355 g/mol. The highest BCUT2D eigenvalue weighted by Gasteiger charge is 2.35. The molecule has 0 bridgehead atoms. The van der Waals surface area contributed by atoms with Crippen LogP contribution in [0.15, 0.2) is 24.5 Å². The summed E-state index contributed by atoms with van der Waals surface area (Å²) in [5.41, 5.74) is 1.52. The summed E-state index contributed by atoms with van der Waals surface area (Å²) in [6.45, 7) is 5.10. The Morgan fingerprint density at radius 2 is 2.19 bits per heavy atom. The van der Waals surface area contributed by atoms with Crippen LogP contribution in [0.3, 0.4) is 0 Å². The van der Waals surface area contributed by atoms with Crippen LogP contribution in [0.2, 0.25) is 0 Å². The van der Waals surface area contributed by atoms with Crippen LogP contribution in [-0.2, 0) is 4.79 Å². The van der Waals surface area contributed by atoms with Gasteiger partial charge in [-0.05, 0) is 39.1 Å². The summed E-state index contributed by atoms with van der Waals surface area (Å²) in [4.78, 5) is 36.2.